The van der Waals surface area contributed by atoms with Crippen molar-refractivity contribution in [2.24, 2.45) is 5.73 Å². The molecule has 0 aromatic carbocycles. The van der Waals surface area contributed by atoms with Gasteiger partial charge in [0.2, 0.25) is 0 Å². The number of urea groups is 1. The molecule has 2 amide bonds. The number of amides is 2. The van der Waals surface area contributed by atoms with E-state index in [1.165, 1.54) is 16.0 Å². The van der Waals surface area contributed by atoms with Crippen molar-refractivity contribution in [3.05, 3.63) is 12.4 Å². The normalized spacial score (nSPS) is 29.1. The predicted octanol–water partition coefficient (Wildman–Crippen LogP) is -0.0769. The number of carbonyl (C=O) groups is 1. The molecule has 7 nitrogen and oxygen atoms in total. The summed E-state index contributed by atoms with van der Waals surface area (Å²) in [6.45, 7) is 0.286. The van der Waals surface area contributed by atoms with Gasteiger partial charge in [-0.2, -0.15) is 0 Å². The molecule has 0 saturated carbocycles. The Labute approximate surface area is 114 Å². The topological polar surface area (TPSA) is 80.3 Å². The minimum atomic E-state index is -2.77. The summed E-state index contributed by atoms with van der Waals surface area (Å²) in [6.07, 6.45) is 2.95. The highest BCUT2D eigenvalue weighted by Crippen LogP contribution is 2.29. The number of nitrogens with zero attached hydrogens (tertiary/aromatic N) is 5. The van der Waals surface area contributed by atoms with Gasteiger partial charge in [0.05, 0.1) is 18.8 Å². The summed E-state index contributed by atoms with van der Waals surface area (Å²) in [6, 6.07) is -0.812. The SMILES string of the molecule is N[C@@H]1CN(C(=O)N2CCC(F)(F)C2)C[C@@H]1n1ccnn1. The zero-order valence-electron chi connectivity index (χ0n) is 10.8. The highest BCUT2D eigenvalue weighted by molar-refractivity contribution is 5.75. The van der Waals surface area contributed by atoms with Crippen molar-refractivity contribution in [3.8, 4) is 0 Å². The number of aromatic nitrogens is 3. The molecule has 3 heterocycles. The van der Waals surface area contributed by atoms with Crippen molar-refractivity contribution in [1.82, 2.24) is 24.8 Å². The average Bonchev–Trinajstić information content (AvgIpc) is 3.07. The van der Waals surface area contributed by atoms with E-state index in [1.807, 2.05) is 0 Å². The quantitative estimate of drug-likeness (QED) is 0.783. The third-order valence-electron chi connectivity index (χ3n) is 3.82. The lowest BCUT2D eigenvalue weighted by Gasteiger charge is -2.24. The number of hydrogen-bond acceptors (Lipinski definition) is 4. The number of alkyl halides is 2. The first kappa shape index (κ1) is 13.2. The van der Waals surface area contributed by atoms with E-state index >= 15 is 0 Å². The van der Waals surface area contributed by atoms with E-state index in [9.17, 15) is 13.6 Å². The van der Waals surface area contributed by atoms with E-state index in [4.69, 9.17) is 5.73 Å². The van der Waals surface area contributed by atoms with Gasteiger partial charge in [-0.1, -0.05) is 5.21 Å². The maximum atomic E-state index is 13.2. The molecule has 0 aliphatic carbocycles. The highest BCUT2D eigenvalue weighted by Gasteiger charge is 2.43. The Bertz CT molecular complexity index is 493. The Balaban J connectivity index is 1.66. The van der Waals surface area contributed by atoms with Crippen molar-refractivity contribution < 1.29 is 13.6 Å². The van der Waals surface area contributed by atoms with Crippen LogP contribution in [0.2, 0.25) is 0 Å². The standard InChI is InChI=1S/C11H16F2N6O/c12-11(13)1-3-17(7-11)10(20)18-5-8(14)9(6-18)19-4-2-15-16-19/h2,4,8-9H,1,3,5-7,14H2/t8-,9+/m1/s1. The first-order valence-electron chi connectivity index (χ1n) is 6.49. The van der Waals surface area contributed by atoms with Crippen molar-refractivity contribution in [1.29, 1.82) is 0 Å². The molecule has 9 heteroatoms. The van der Waals surface area contributed by atoms with Crippen molar-refractivity contribution in [2.75, 3.05) is 26.2 Å². The fourth-order valence-corrected chi connectivity index (χ4v) is 2.74. The number of hydrogen-bond donors (Lipinski definition) is 1. The van der Waals surface area contributed by atoms with Crippen LogP contribution in [0, 0.1) is 0 Å². The molecule has 3 rings (SSSR count). The number of halogens is 2. The zero-order chi connectivity index (χ0) is 14.3. The van der Waals surface area contributed by atoms with E-state index in [0.717, 1.165) is 0 Å². The van der Waals surface area contributed by atoms with Gasteiger partial charge in [0.1, 0.15) is 0 Å². The monoisotopic (exact) mass is 286 g/mol. The average molecular weight is 286 g/mol. The lowest BCUT2D eigenvalue weighted by Crippen LogP contribution is -2.42. The van der Waals surface area contributed by atoms with E-state index < -0.39 is 12.5 Å². The Morgan fingerprint density at radius 3 is 2.75 bits per heavy atom. The summed E-state index contributed by atoms with van der Waals surface area (Å²) in [4.78, 5) is 14.9. The first-order valence-corrected chi connectivity index (χ1v) is 6.49. The fraction of sp³-hybridized carbons (Fsp3) is 0.727. The van der Waals surface area contributed by atoms with Crippen LogP contribution >= 0.6 is 0 Å². The smallest absolute Gasteiger partial charge is 0.320 e. The summed E-state index contributed by atoms with van der Waals surface area (Å²) < 4.78 is 27.9. The van der Waals surface area contributed by atoms with E-state index in [-0.39, 0.29) is 31.1 Å². The van der Waals surface area contributed by atoms with E-state index in [1.54, 1.807) is 10.9 Å². The Kier molecular flexibility index (Phi) is 3.08. The Morgan fingerprint density at radius 2 is 2.15 bits per heavy atom. The van der Waals surface area contributed by atoms with Gasteiger partial charge < -0.3 is 15.5 Å². The maximum Gasteiger partial charge on any atom is 0.320 e. The van der Waals surface area contributed by atoms with Gasteiger partial charge in [-0.05, 0) is 0 Å². The molecule has 2 aliphatic heterocycles. The first-order chi connectivity index (χ1) is 9.46. The Hall–Kier alpha value is -1.77. The molecule has 0 radical (unpaired) electrons. The molecule has 2 atom stereocenters. The molecular weight excluding hydrogens is 270 g/mol. The number of nitrogens with two attached hydrogens (primary N) is 1. The molecule has 0 unspecified atom stereocenters. The van der Waals surface area contributed by atoms with Crippen LogP contribution in [-0.4, -0.2) is 69.0 Å². The summed E-state index contributed by atoms with van der Waals surface area (Å²) in [5.74, 6) is -2.77. The largest absolute Gasteiger partial charge is 0.324 e. The molecule has 20 heavy (non-hydrogen) atoms. The van der Waals surface area contributed by atoms with Gasteiger partial charge in [-0.15, -0.1) is 5.10 Å². The van der Waals surface area contributed by atoms with Gasteiger partial charge in [0.25, 0.3) is 5.92 Å². The van der Waals surface area contributed by atoms with Crippen LogP contribution in [0.4, 0.5) is 13.6 Å². The van der Waals surface area contributed by atoms with Crippen LogP contribution in [0.15, 0.2) is 12.4 Å². The molecule has 2 fully saturated rings. The predicted molar refractivity (Wildman–Crippen MR) is 65.1 cm³/mol. The number of rotatable bonds is 1. The summed E-state index contributed by atoms with van der Waals surface area (Å²) in [7, 11) is 0. The second kappa shape index (κ2) is 4.65. The summed E-state index contributed by atoms with van der Waals surface area (Å²) in [5, 5.41) is 7.59. The van der Waals surface area contributed by atoms with Gasteiger partial charge in [0, 0.05) is 38.3 Å². The van der Waals surface area contributed by atoms with Crippen LogP contribution < -0.4 is 5.73 Å². The lowest BCUT2D eigenvalue weighted by molar-refractivity contribution is 0.0141. The van der Waals surface area contributed by atoms with Gasteiger partial charge in [-0.3, -0.25) is 0 Å². The second-order valence-electron chi connectivity index (χ2n) is 5.33. The second-order valence-corrected chi connectivity index (χ2v) is 5.33. The molecule has 1 aromatic rings. The van der Waals surface area contributed by atoms with Crippen LogP contribution in [0.5, 0.6) is 0 Å². The summed E-state index contributed by atoms with van der Waals surface area (Å²) in [5.41, 5.74) is 6.00. The molecule has 110 valence electrons. The highest BCUT2D eigenvalue weighted by atomic mass is 19.3. The maximum absolute atomic E-state index is 13.2. The molecule has 0 spiro atoms. The molecular formula is C11H16F2N6O. The van der Waals surface area contributed by atoms with Crippen molar-refractivity contribution in [2.45, 2.75) is 24.4 Å². The van der Waals surface area contributed by atoms with Crippen LogP contribution in [-0.2, 0) is 0 Å². The van der Waals surface area contributed by atoms with E-state index in [0.29, 0.717) is 13.1 Å². The zero-order valence-corrected chi connectivity index (χ0v) is 10.8. The minimum Gasteiger partial charge on any atom is -0.324 e. The number of likely N-dealkylation sites (tertiary alicyclic amines) is 2. The molecule has 1 aromatic heterocycles. The molecule has 2 saturated heterocycles. The Morgan fingerprint density at radius 1 is 1.35 bits per heavy atom. The molecule has 0 bridgehead atoms. The van der Waals surface area contributed by atoms with Crippen molar-refractivity contribution >= 4 is 6.03 Å². The van der Waals surface area contributed by atoms with Crippen LogP contribution in [0.1, 0.15) is 12.5 Å². The van der Waals surface area contributed by atoms with Crippen molar-refractivity contribution in [3.63, 3.8) is 0 Å². The van der Waals surface area contributed by atoms with Gasteiger partial charge in [-0.25, -0.2) is 18.3 Å². The molecule has 2 aliphatic rings. The third-order valence-corrected chi connectivity index (χ3v) is 3.82. The van der Waals surface area contributed by atoms with Crippen LogP contribution in [0.25, 0.3) is 0 Å². The summed E-state index contributed by atoms with van der Waals surface area (Å²) >= 11 is 0. The lowest BCUT2D eigenvalue weighted by atomic mass is 10.2. The minimum absolute atomic E-state index is 0.0889. The number of carbonyl (C=O) groups excluding carboxylic acids is 1. The van der Waals surface area contributed by atoms with E-state index in [2.05, 4.69) is 10.3 Å². The third kappa shape index (κ3) is 2.33. The molecule has 2 N–H and O–H groups in total. The fourth-order valence-electron chi connectivity index (χ4n) is 2.74. The van der Waals surface area contributed by atoms with Gasteiger partial charge >= 0.3 is 6.03 Å². The van der Waals surface area contributed by atoms with Crippen LogP contribution in [0.3, 0.4) is 0 Å². The van der Waals surface area contributed by atoms with Gasteiger partial charge in [0.15, 0.2) is 0 Å².